The van der Waals surface area contributed by atoms with E-state index < -0.39 is 78.2 Å². The quantitative estimate of drug-likeness (QED) is 0.147. The highest BCUT2D eigenvalue weighted by Crippen LogP contribution is 2.45. The molecule has 3 aliphatic rings. The van der Waals surface area contributed by atoms with Crippen LogP contribution in [0.4, 0.5) is 0 Å². The largest absolute Gasteiger partial charge is 0.508 e. The number of allylic oxidation sites excluding steroid dienone is 1. The zero-order valence-corrected chi connectivity index (χ0v) is 33.2. The number of phenolic OH excluding ortho intramolecular Hbond substituents is 1. The van der Waals surface area contributed by atoms with Crippen molar-refractivity contribution in [1.29, 1.82) is 0 Å². The minimum atomic E-state index is -1.43. The fraction of sp³-hybridized carbons (Fsp3) is 0.422. The number of benzene rings is 3. The average Bonchev–Trinajstić information content (AvgIpc) is 3.73. The van der Waals surface area contributed by atoms with Gasteiger partial charge >= 0.3 is 11.9 Å². The van der Waals surface area contributed by atoms with Crippen LogP contribution < -0.4 is 10.6 Å². The summed E-state index contributed by atoms with van der Waals surface area (Å²) in [6.45, 7) is 6.06. The van der Waals surface area contributed by atoms with Crippen LogP contribution in [0.15, 0.2) is 90.5 Å². The van der Waals surface area contributed by atoms with Gasteiger partial charge < -0.3 is 44.9 Å². The van der Waals surface area contributed by atoms with Crippen molar-refractivity contribution in [2.24, 2.45) is 0 Å². The van der Waals surface area contributed by atoms with Gasteiger partial charge in [0.25, 0.3) is 0 Å². The van der Waals surface area contributed by atoms with Gasteiger partial charge in [-0.2, -0.15) is 0 Å². The lowest BCUT2D eigenvalue weighted by atomic mass is 9.91. The normalized spacial score (nSPS) is 21.0. The van der Waals surface area contributed by atoms with E-state index in [9.17, 15) is 34.5 Å². The van der Waals surface area contributed by atoms with E-state index in [0.717, 1.165) is 22.3 Å². The predicted octanol–water partition coefficient (Wildman–Crippen LogP) is 4.25. The lowest BCUT2D eigenvalue weighted by Gasteiger charge is -2.31. The number of hydrogen-bond donors (Lipinski definition) is 5. The molecule has 13 nitrogen and oxygen atoms in total. The molecule has 0 aromatic heterocycles. The first-order valence-corrected chi connectivity index (χ1v) is 19.6. The highest BCUT2D eigenvalue weighted by Gasteiger charge is 2.55. The van der Waals surface area contributed by atoms with Crippen LogP contribution in [-0.4, -0.2) is 93.6 Å². The number of esters is 2. The Morgan fingerprint density at radius 1 is 0.966 bits per heavy atom. The number of amides is 2. The van der Waals surface area contributed by atoms with E-state index in [-0.39, 0.29) is 36.1 Å². The number of para-hydroxylation sites is 1. The zero-order valence-electron chi connectivity index (χ0n) is 33.2. The third-order valence-corrected chi connectivity index (χ3v) is 10.3. The van der Waals surface area contributed by atoms with Gasteiger partial charge in [0.2, 0.25) is 11.8 Å². The Balaban J connectivity index is 1.17. The average molecular weight is 797 g/mol. The number of hydrogen-bond acceptors (Lipinski definition) is 11. The highest BCUT2D eigenvalue weighted by atomic mass is 16.8. The molecule has 13 heteroatoms. The number of nitrogens with one attached hydrogen (secondary N) is 2. The number of aliphatic hydroxyl groups excluding tert-OH is 2. The first-order chi connectivity index (χ1) is 27.6. The smallest absolute Gasteiger partial charge is 0.338 e. The summed E-state index contributed by atoms with van der Waals surface area (Å²) in [5.41, 5.74) is 3.39. The number of carbonyl (C=O) groups is 4. The van der Waals surface area contributed by atoms with Gasteiger partial charge in [0, 0.05) is 31.3 Å². The maximum atomic E-state index is 13.9. The zero-order chi connectivity index (χ0) is 41.6. The minimum absolute atomic E-state index is 0.0687. The van der Waals surface area contributed by atoms with Gasteiger partial charge in [-0.3, -0.25) is 14.4 Å². The number of phenols is 1. The minimum Gasteiger partial charge on any atom is -0.508 e. The monoisotopic (exact) mass is 796 g/mol. The number of aromatic hydroxyl groups is 1. The summed E-state index contributed by atoms with van der Waals surface area (Å²) in [4.78, 5) is 53.3. The van der Waals surface area contributed by atoms with E-state index >= 15 is 0 Å². The molecule has 0 bridgehead atoms. The van der Waals surface area contributed by atoms with Crippen LogP contribution >= 0.6 is 0 Å². The van der Waals surface area contributed by atoms with Crippen LogP contribution in [0, 0.1) is 0 Å². The molecule has 1 heterocycles. The lowest BCUT2D eigenvalue weighted by molar-refractivity contribution is -0.172. The van der Waals surface area contributed by atoms with E-state index in [1.807, 2.05) is 54.6 Å². The molecule has 2 aliphatic carbocycles. The second kappa shape index (κ2) is 18.1. The van der Waals surface area contributed by atoms with Crippen LogP contribution in [0.25, 0.3) is 6.08 Å². The van der Waals surface area contributed by atoms with Crippen molar-refractivity contribution in [2.75, 3.05) is 6.61 Å². The molecule has 1 aliphatic heterocycles. The SMILES string of the molecule is CC(O)C(NC(=O)C1=CC2OC3(Cc4ccccc4C3)OC2C(OC(=O)c2cccc(C=CCc3ccccc3O)c2)C1)C(=O)NC(CO)CCC(=O)OC(C)(C)C. The van der Waals surface area contributed by atoms with Crippen molar-refractivity contribution in [3.63, 3.8) is 0 Å². The highest BCUT2D eigenvalue weighted by molar-refractivity contribution is 5.98. The van der Waals surface area contributed by atoms with E-state index in [1.165, 1.54) is 6.92 Å². The molecular weight excluding hydrogens is 744 g/mol. The van der Waals surface area contributed by atoms with Gasteiger partial charge in [0.05, 0.1) is 24.3 Å². The molecule has 3 aromatic carbocycles. The van der Waals surface area contributed by atoms with Crippen LogP contribution in [0.1, 0.15) is 79.6 Å². The molecule has 1 saturated heterocycles. The topological polar surface area (TPSA) is 190 Å². The molecule has 6 rings (SSSR count). The van der Waals surface area contributed by atoms with Gasteiger partial charge in [-0.1, -0.05) is 66.7 Å². The Morgan fingerprint density at radius 2 is 1.67 bits per heavy atom. The summed E-state index contributed by atoms with van der Waals surface area (Å²) in [5, 5.41) is 35.9. The molecule has 1 fully saturated rings. The van der Waals surface area contributed by atoms with Crippen molar-refractivity contribution in [3.8, 4) is 5.75 Å². The van der Waals surface area contributed by atoms with Crippen molar-refractivity contribution in [2.45, 2.75) is 114 Å². The number of aliphatic hydroxyl groups is 2. The molecule has 2 amide bonds. The van der Waals surface area contributed by atoms with Crippen molar-refractivity contribution in [3.05, 3.63) is 118 Å². The van der Waals surface area contributed by atoms with Crippen molar-refractivity contribution in [1.82, 2.24) is 10.6 Å². The third-order valence-electron chi connectivity index (χ3n) is 10.3. The van der Waals surface area contributed by atoms with Crippen molar-refractivity contribution >= 4 is 29.8 Å². The third kappa shape index (κ3) is 10.6. The van der Waals surface area contributed by atoms with Crippen LogP contribution in [-0.2, 0) is 52.6 Å². The van der Waals surface area contributed by atoms with Gasteiger partial charge in [0.15, 0.2) is 5.79 Å². The molecule has 3 aromatic rings. The van der Waals surface area contributed by atoms with E-state index in [2.05, 4.69) is 10.6 Å². The number of fused-ring (bicyclic) bond motifs is 2. The Kier molecular flexibility index (Phi) is 13.2. The van der Waals surface area contributed by atoms with Gasteiger partial charge in [-0.25, -0.2) is 4.79 Å². The second-order valence-electron chi connectivity index (χ2n) is 16.1. The maximum absolute atomic E-state index is 13.9. The summed E-state index contributed by atoms with van der Waals surface area (Å²) in [6.07, 6.45) is 2.86. The summed E-state index contributed by atoms with van der Waals surface area (Å²) in [7, 11) is 0. The molecule has 0 radical (unpaired) electrons. The molecule has 1 spiro atoms. The maximum Gasteiger partial charge on any atom is 0.338 e. The van der Waals surface area contributed by atoms with Gasteiger partial charge in [-0.15, -0.1) is 0 Å². The summed E-state index contributed by atoms with van der Waals surface area (Å²) in [6, 6.07) is 19.6. The van der Waals surface area contributed by atoms with Crippen molar-refractivity contribution < 1.29 is 53.4 Å². The molecule has 58 heavy (non-hydrogen) atoms. The Hall–Kier alpha value is -5.34. The standard InChI is InChI=1S/C45H52N2O11/c1-27(49)39(42(53)46-34(26-48)19-20-38(51)57-44(2,3)4)47-41(52)33-22-36(40-37(23-33)56-45(58-40)24-31-14-5-6-15-32(31)25-45)55-43(54)30-17-10-12-28(21-30)11-9-16-29-13-7-8-18-35(29)50/h5-15,17-18,21,23,27,34,36-37,39-40,48-50H,16,19-20,22,24-26H2,1-4H3,(H,46,53)(H,47,52). The number of ether oxygens (including phenoxy) is 4. The molecule has 6 unspecified atom stereocenters. The number of carbonyl (C=O) groups excluding carboxylic acids is 4. The number of rotatable bonds is 14. The van der Waals surface area contributed by atoms with Gasteiger partial charge in [0.1, 0.15) is 35.7 Å². The molecule has 308 valence electrons. The Morgan fingerprint density at radius 3 is 2.34 bits per heavy atom. The summed E-state index contributed by atoms with van der Waals surface area (Å²) < 4.78 is 24.6. The summed E-state index contributed by atoms with van der Waals surface area (Å²) in [5.74, 6) is -3.42. The van der Waals surface area contributed by atoms with E-state index in [1.54, 1.807) is 57.2 Å². The molecule has 5 N–H and O–H groups in total. The van der Waals surface area contributed by atoms with Crippen LogP contribution in [0.2, 0.25) is 0 Å². The van der Waals surface area contributed by atoms with Crippen LogP contribution in [0.5, 0.6) is 5.75 Å². The Labute approximate surface area is 338 Å². The fourth-order valence-corrected chi connectivity index (χ4v) is 7.47. The molecule has 6 atom stereocenters. The predicted molar refractivity (Wildman–Crippen MR) is 213 cm³/mol. The fourth-order valence-electron chi connectivity index (χ4n) is 7.47. The Bertz CT molecular complexity index is 2030. The summed E-state index contributed by atoms with van der Waals surface area (Å²) >= 11 is 0. The van der Waals surface area contributed by atoms with Gasteiger partial charge in [-0.05, 0) is 87.1 Å². The first kappa shape index (κ1) is 42.3. The first-order valence-electron chi connectivity index (χ1n) is 19.6. The van der Waals surface area contributed by atoms with E-state index in [0.29, 0.717) is 19.3 Å². The van der Waals surface area contributed by atoms with E-state index in [4.69, 9.17) is 18.9 Å². The molecular formula is C45H52N2O11. The van der Waals surface area contributed by atoms with Crippen LogP contribution in [0.3, 0.4) is 0 Å². The lowest BCUT2D eigenvalue weighted by Crippen LogP contribution is -2.55. The molecule has 0 saturated carbocycles. The second-order valence-corrected chi connectivity index (χ2v) is 16.1.